The number of fused-ring (bicyclic) bond motifs is 5. The van der Waals surface area contributed by atoms with Crippen molar-refractivity contribution < 1.29 is 35.3 Å². The van der Waals surface area contributed by atoms with E-state index in [0.717, 1.165) is 74.0 Å². The van der Waals surface area contributed by atoms with E-state index in [1.807, 2.05) is 37.3 Å². The number of alkyl halides is 3. The van der Waals surface area contributed by atoms with Crippen LogP contribution in [0.25, 0.3) is 32.3 Å². The highest BCUT2D eigenvalue weighted by Gasteiger charge is 2.48. The van der Waals surface area contributed by atoms with Gasteiger partial charge in [-0.3, -0.25) is 0 Å². The van der Waals surface area contributed by atoms with Gasteiger partial charge in [-0.05, 0) is 118 Å². The first-order valence-electron chi connectivity index (χ1n) is 18.4. The van der Waals surface area contributed by atoms with Gasteiger partial charge in [0.15, 0.2) is 0 Å². The molecule has 0 saturated heterocycles. The Labute approximate surface area is 323 Å². The van der Waals surface area contributed by atoms with Crippen LogP contribution in [0.5, 0.6) is 5.75 Å². The Balaban J connectivity index is 1.69. The van der Waals surface area contributed by atoms with Crippen LogP contribution >= 0.6 is 0 Å². The van der Waals surface area contributed by atoms with Crippen molar-refractivity contribution in [1.82, 2.24) is 0 Å². The van der Waals surface area contributed by atoms with Crippen molar-refractivity contribution in [3.8, 4) is 29.1 Å². The molecule has 5 rings (SSSR count). The molecule has 55 heavy (non-hydrogen) atoms. The minimum absolute atomic E-state index is 0.0692. The highest BCUT2D eigenvalue weighted by Crippen LogP contribution is 2.39. The molecule has 5 nitrogen and oxygen atoms in total. The average molecular weight is 785 g/mol. The summed E-state index contributed by atoms with van der Waals surface area (Å²) in [6, 6.07) is 19.6. The molecule has 0 saturated carbocycles. The molecule has 0 N–H and O–H groups in total. The minimum atomic E-state index is -6.04. The number of benzene rings is 5. The number of carbonyl (C=O) groups is 1. The molecule has 0 aliphatic carbocycles. The van der Waals surface area contributed by atoms with Crippen LogP contribution in [0.4, 0.5) is 13.2 Å². The fourth-order valence-corrected chi connectivity index (χ4v) is 7.92. The fourth-order valence-electron chi connectivity index (χ4n) is 6.97. The predicted molar refractivity (Wildman–Crippen MR) is 219 cm³/mol. The van der Waals surface area contributed by atoms with Crippen molar-refractivity contribution in [2.45, 2.75) is 79.5 Å². The van der Waals surface area contributed by atoms with E-state index in [4.69, 9.17) is 4.74 Å². The molecule has 0 radical (unpaired) electrons. The monoisotopic (exact) mass is 784 g/mol. The molecule has 5 aromatic carbocycles. The summed E-state index contributed by atoms with van der Waals surface area (Å²) < 4.78 is 74.4. The normalized spacial score (nSPS) is 12.3. The summed E-state index contributed by atoms with van der Waals surface area (Å²) in [6.07, 6.45) is 1.63. The van der Waals surface area contributed by atoms with Crippen LogP contribution in [0.2, 0.25) is 19.6 Å². The molecule has 0 heterocycles. The maximum atomic E-state index is 13.4. The van der Waals surface area contributed by atoms with Crippen molar-refractivity contribution in [1.29, 1.82) is 0 Å². The van der Waals surface area contributed by atoms with Gasteiger partial charge in [0.25, 0.3) is 0 Å². The number of aryl methyl sites for hydroxylation is 2. The zero-order valence-electron chi connectivity index (χ0n) is 32.8. The minimum Gasteiger partial charge on any atom is -0.462 e. The van der Waals surface area contributed by atoms with Gasteiger partial charge < -0.3 is 8.92 Å². The average Bonchev–Trinajstić information content (AvgIpc) is 3.07. The maximum absolute atomic E-state index is 13.4. The fraction of sp³-hybridized carbons (Fsp3) is 0.356. The van der Waals surface area contributed by atoms with Crippen LogP contribution < -0.4 is 4.18 Å². The third kappa shape index (κ3) is 9.92. The number of esters is 1. The van der Waals surface area contributed by atoms with E-state index in [2.05, 4.69) is 99.9 Å². The molecular formula is C45H47F3O5SSi. The first kappa shape index (κ1) is 41.4. The van der Waals surface area contributed by atoms with E-state index in [9.17, 15) is 26.4 Å². The van der Waals surface area contributed by atoms with E-state index in [0.29, 0.717) is 17.4 Å². The molecule has 0 atom stereocenters. The molecule has 0 bridgehead atoms. The predicted octanol–water partition coefficient (Wildman–Crippen LogP) is 11.5. The van der Waals surface area contributed by atoms with Crippen molar-refractivity contribution in [3.63, 3.8) is 0 Å². The Bertz CT molecular complexity index is 2520. The van der Waals surface area contributed by atoms with Crippen molar-refractivity contribution in [2.75, 3.05) is 6.61 Å². The van der Waals surface area contributed by atoms with Gasteiger partial charge >= 0.3 is 21.6 Å². The molecule has 0 aliphatic rings. The highest BCUT2D eigenvalue weighted by atomic mass is 32.2. The molecule has 0 aliphatic heterocycles. The lowest BCUT2D eigenvalue weighted by molar-refractivity contribution is -0.0500. The van der Waals surface area contributed by atoms with Crippen molar-refractivity contribution >= 4 is 56.5 Å². The van der Waals surface area contributed by atoms with Crippen LogP contribution in [0.1, 0.15) is 78.7 Å². The first-order chi connectivity index (χ1) is 25.6. The summed E-state index contributed by atoms with van der Waals surface area (Å²) in [4.78, 5) is 13.4. The Kier molecular flexibility index (Phi) is 12.1. The summed E-state index contributed by atoms with van der Waals surface area (Å²) in [5.41, 5.74) is 1.38. The van der Waals surface area contributed by atoms with Gasteiger partial charge in [-0.15, -0.1) is 5.54 Å². The van der Waals surface area contributed by atoms with E-state index in [1.165, 1.54) is 6.07 Å². The van der Waals surface area contributed by atoms with E-state index >= 15 is 0 Å². The molecule has 0 fully saturated rings. The van der Waals surface area contributed by atoms with Gasteiger partial charge in [0.05, 0.1) is 12.2 Å². The number of carbonyl (C=O) groups excluding carboxylic acids is 1. The lowest BCUT2D eigenvalue weighted by Gasteiger charge is -2.21. The molecule has 0 amide bonds. The number of rotatable bonds is 9. The van der Waals surface area contributed by atoms with Crippen LogP contribution in [-0.2, 0) is 14.9 Å². The second-order valence-electron chi connectivity index (χ2n) is 16.1. The summed E-state index contributed by atoms with van der Waals surface area (Å²) in [6.45, 7) is 19.1. The van der Waals surface area contributed by atoms with E-state index in [-0.39, 0.29) is 23.7 Å². The molecular weight excluding hydrogens is 738 g/mol. The first-order valence-corrected chi connectivity index (χ1v) is 23.3. The number of hydrogen-bond donors (Lipinski definition) is 0. The third-order valence-corrected chi connectivity index (χ3v) is 11.0. The van der Waals surface area contributed by atoms with Crippen molar-refractivity contribution in [2.24, 2.45) is 17.8 Å². The Morgan fingerprint density at radius 3 is 1.82 bits per heavy atom. The van der Waals surface area contributed by atoms with Gasteiger partial charge in [-0.25, -0.2) is 4.79 Å². The summed E-state index contributed by atoms with van der Waals surface area (Å²) in [5, 5.41) is 6.01. The summed E-state index contributed by atoms with van der Waals surface area (Å²) in [5.74, 6) is 8.89. The standard InChI is InChI=1S/C45H47F3O5SSi/c1-28(2)20-33(21-29(3)4)27-52-44(49)37-22-32(23-38(26-37)53-54(50,51)45(46,47)48)16-17-34-24-36-25-35(18-19-55(7,8)9)40-15-11-13-31(6)42(40)43(36)41-30(5)12-10-14-39(34)41/h10-15,22-26,28-29,33H,20-21,27H2,1-9H3. The number of halogens is 3. The molecule has 5 aromatic rings. The van der Waals surface area contributed by atoms with Crippen LogP contribution in [0, 0.1) is 54.9 Å². The largest absolute Gasteiger partial charge is 0.534 e. The molecule has 10 heteroatoms. The second kappa shape index (κ2) is 16.1. The Hall–Kier alpha value is -4.77. The van der Waals surface area contributed by atoms with Gasteiger partial charge in [0.2, 0.25) is 0 Å². The molecule has 0 spiro atoms. The van der Waals surface area contributed by atoms with Gasteiger partial charge in [-0.2, -0.15) is 21.6 Å². The van der Waals surface area contributed by atoms with E-state index < -0.39 is 35.4 Å². The van der Waals surface area contributed by atoms with Gasteiger partial charge in [0.1, 0.15) is 13.8 Å². The topological polar surface area (TPSA) is 69.7 Å². The van der Waals surface area contributed by atoms with Crippen LogP contribution in [0.15, 0.2) is 66.7 Å². The quantitative estimate of drug-likeness (QED) is 0.0372. The lowest BCUT2D eigenvalue weighted by atomic mass is 9.88. The van der Waals surface area contributed by atoms with Crippen LogP contribution in [-0.4, -0.2) is 34.6 Å². The van der Waals surface area contributed by atoms with Gasteiger partial charge in [0, 0.05) is 16.7 Å². The smallest absolute Gasteiger partial charge is 0.462 e. The Morgan fingerprint density at radius 1 is 0.764 bits per heavy atom. The summed E-state index contributed by atoms with van der Waals surface area (Å²) in [7, 11) is -7.75. The van der Waals surface area contributed by atoms with E-state index in [1.54, 1.807) is 0 Å². The zero-order chi connectivity index (χ0) is 40.5. The summed E-state index contributed by atoms with van der Waals surface area (Å²) >= 11 is 0. The van der Waals surface area contributed by atoms with Crippen LogP contribution in [0.3, 0.4) is 0 Å². The second-order valence-corrected chi connectivity index (χ2v) is 22.4. The van der Waals surface area contributed by atoms with Gasteiger partial charge in [-0.1, -0.05) is 101 Å². The lowest BCUT2D eigenvalue weighted by Crippen LogP contribution is -2.28. The Morgan fingerprint density at radius 2 is 1.31 bits per heavy atom. The number of hydrogen-bond acceptors (Lipinski definition) is 5. The highest BCUT2D eigenvalue weighted by molar-refractivity contribution is 7.88. The zero-order valence-corrected chi connectivity index (χ0v) is 34.6. The number of ether oxygens (including phenoxy) is 1. The molecule has 0 unspecified atom stereocenters. The molecule has 288 valence electrons. The van der Waals surface area contributed by atoms with Crippen molar-refractivity contribution in [3.05, 3.63) is 100 Å². The third-order valence-electron chi connectivity index (χ3n) is 9.12. The SMILES string of the molecule is Cc1cccc2c(C#Cc3cc(OS(=O)(=O)C(F)(F)F)cc(C(=O)OCC(CC(C)C)CC(C)C)c3)cc3cc(C#C[Si](C)(C)C)c4cccc(C)c4c3c12. The maximum Gasteiger partial charge on any atom is 0.534 e. The molecule has 0 aromatic heterocycles.